The Morgan fingerprint density at radius 3 is 2.43 bits per heavy atom. The lowest BCUT2D eigenvalue weighted by atomic mass is 10.1. The fraction of sp³-hybridized carbons (Fsp3) is 0.125. The van der Waals surface area contributed by atoms with Crippen LogP contribution in [0.5, 0.6) is 0 Å². The molecule has 0 atom stereocenters. The van der Waals surface area contributed by atoms with E-state index < -0.39 is 5.82 Å². The standard InChI is InChI=1S/C24H20FN3O2/c1-2-16-7-3-4-8-19(16)26-22(29)15-28-21-10-6-5-9-20(21)27-24(28)23(30)17-11-13-18(25)14-12-17/h3-14H,2,15H2,1H3,(H,26,29). The highest BCUT2D eigenvalue weighted by molar-refractivity contribution is 6.08. The smallest absolute Gasteiger partial charge is 0.244 e. The van der Waals surface area contributed by atoms with Crippen LogP contribution in [0.3, 0.4) is 0 Å². The Morgan fingerprint density at radius 2 is 1.67 bits per heavy atom. The zero-order valence-corrected chi connectivity index (χ0v) is 16.4. The van der Waals surface area contributed by atoms with Gasteiger partial charge in [0.15, 0.2) is 5.82 Å². The number of carbonyl (C=O) groups is 2. The Labute approximate surface area is 173 Å². The summed E-state index contributed by atoms with van der Waals surface area (Å²) < 4.78 is 14.9. The molecule has 6 heteroatoms. The Hall–Kier alpha value is -3.80. The highest BCUT2D eigenvalue weighted by atomic mass is 19.1. The molecule has 0 bridgehead atoms. The number of para-hydroxylation sites is 3. The van der Waals surface area contributed by atoms with Crippen molar-refractivity contribution < 1.29 is 14.0 Å². The van der Waals surface area contributed by atoms with Gasteiger partial charge in [-0.05, 0) is 54.4 Å². The maximum absolute atomic E-state index is 13.3. The number of halogens is 1. The van der Waals surface area contributed by atoms with E-state index in [0.717, 1.165) is 17.7 Å². The van der Waals surface area contributed by atoms with E-state index in [4.69, 9.17) is 0 Å². The van der Waals surface area contributed by atoms with Gasteiger partial charge in [-0.2, -0.15) is 0 Å². The Balaban J connectivity index is 1.69. The third-order valence-electron chi connectivity index (χ3n) is 4.94. The van der Waals surface area contributed by atoms with E-state index in [0.29, 0.717) is 16.6 Å². The van der Waals surface area contributed by atoms with Crippen LogP contribution in [0, 0.1) is 5.82 Å². The molecule has 0 saturated heterocycles. The number of benzene rings is 3. The molecule has 1 amide bonds. The molecule has 3 aromatic carbocycles. The van der Waals surface area contributed by atoms with Crippen molar-refractivity contribution in [1.29, 1.82) is 0 Å². The molecule has 0 aliphatic carbocycles. The second-order valence-corrected chi connectivity index (χ2v) is 6.91. The summed E-state index contributed by atoms with van der Waals surface area (Å²) in [5, 5.41) is 2.93. The normalized spacial score (nSPS) is 10.9. The van der Waals surface area contributed by atoms with E-state index in [1.54, 1.807) is 10.6 Å². The molecule has 30 heavy (non-hydrogen) atoms. The van der Waals surface area contributed by atoms with Gasteiger partial charge >= 0.3 is 0 Å². The third-order valence-corrected chi connectivity index (χ3v) is 4.94. The fourth-order valence-electron chi connectivity index (χ4n) is 3.42. The highest BCUT2D eigenvalue weighted by Gasteiger charge is 2.21. The zero-order valence-electron chi connectivity index (χ0n) is 16.4. The highest BCUT2D eigenvalue weighted by Crippen LogP contribution is 2.20. The number of anilines is 1. The Bertz CT molecular complexity index is 1230. The molecule has 5 nitrogen and oxygen atoms in total. The van der Waals surface area contributed by atoms with Gasteiger partial charge in [-0.15, -0.1) is 0 Å². The zero-order chi connectivity index (χ0) is 21.1. The molecule has 0 aliphatic heterocycles. The number of ketones is 1. The van der Waals surface area contributed by atoms with Gasteiger partial charge in [0.25, 0.3) is 0 Å². The fourth-order valence-corrected chi connectivity index (χ4v) is 3.42. The summed E-state index contributed by atoms with van der Waals surface area (Å²) in [4.78, 5) is 30.3. The first-order valence-electron chi connectivity index (χ1n) is 9.70. The predicted molar refractivity (Wildman–Crippen MR) is 114 cm³/mol. The summed E-state index contributed by atoms with van der Waals surface area (Å²) in [6.07, 6.45) is 0.790. The van der Waals surface area contributed by atoms with Crippen LogP contribution < -0.4 is 5.32 Å². The molecule has 1 aromatic heterocycles. The number of rotatable bonds is 6. The molecule has 4 aromatic rings. The van der Waals surface area contributed by atoms with E-state index in [2.05, 4.69) is 10.3 Å². The quantitative estimate of drug-likeness (QED) is 0.480. The molecule has 0 saturated carbocycles. The van der Waals surface area contributed by atoms with E-state index in [1.165, 1.54) is 24.3 Å². The van der Waals surface area contributed by atoms with Gasteiger partial charge in [0.05, 0.1) is 11.0 Å². The number of amides is 1. The van der Waals surface area contributed by atoms with Gasteiger partial charge in [0, 0.05) is 11.3 Å². The number of hydrogen-bond donors (Lipinski definition) is 1. The van der Waals surface area contributed by atoms with Crippen LogP contribution in [0.2, 0.25) is 0 Å². The average molecular weight is 401 g/mol. The van der Waals surface area contributed by atoms with Gasteiger partial charge in [-0.25, -0.2) is 9.37 Å². The lowest BCUT2D eigenvalue weighted by Crippen LogP contribution is -2.22. The Morgan fingerprint density at radius 1 is 0.967 bits per heavy atom. The number of aromatic nitrogens is 2. The van der Waals surface area contributed by atoms with Crippen LogP contribution >= 0.6 is 0 Å². The van der Waals surface area contributed by atoms with Crippen LogP contribution in [-0.2, 0) is 17.8 Å². The molecular formula is C24H20FN3O2. The largest absolute Gasteiger partial charge is 0.324 e. The average Bonchev–Trinajstić information content (AvgIpc) is 3.12. The minimum atomic E-state index is -0.422. The number of fused-ring (bicyclic) bond motifs is 1. The third kappa shape index (κ3) is 3.85. The summed E-state index contributed by atoms with van der Waals surface area (Å²) in [5.41, 5.74) is 3.39. The first-order valence-corrected chi connectivity index (χ1v) is 9.70. The van der Waals surface area contributed by atoms with Crippen molar-refractivity contribution in [3.63, 3.8) is 0 Å². The van der Waals surface area contributed by atoms with Crippen molar-refractivity contribution in [3.05, 3.63) is 95.6 Å². The summed E-state index contributed by atoms with van der Waals surface area (Å²) in [5.74, 6) is -0.907. The van der Waals surface area contributed by atoms with Gasteiger partial charge in [0.1, 0.15) is 12.4 Å². The molecule has 0 unspecified atom stereocenters. The predicted octanol–water partition coefficient (Wildman–Crippen LogP) is 4.61. The van der Waals surface area contributed by atoms with Crippen molar-refractivity contribution in [2.24, 2.45) is 0 Å². The number of nitrogens with zero attached hydrogens (tertiary/aromatic N) is 2. The summed E-state index contributed by atoms with van der Waals surface area (Å²) in [7, 11) is 0. The number of aryl methyl sites for hydroxylation is 1. The van der Waals surface area contributed by atoms with Crippen LogP contribution in [0.4, 0.5) is 10.1 Å². The SMILES string of the molecule is CCc1ccccc1NC(=O)Cn1c(C(=O)c2ccc(F)cc2)nc2ccccc21. The van der Waals surface area contributed by atoms with E-state index in [-0.39, 0.29) is 24.1 Å². The minimum Gasteiger partial charge on any atom is -0.324 e. The molecule has 0 fully saturated rings. The Kier molecular flexibility index (Phi) is 5.39. The van der Waals surface area contributed by atoms with Gasteiger partial charge < -0.3 is 9.88 Å². The maximum atomic E-state index is 13.3. The van der Waals surface area contributed by atoms with E-state index in [9.17, 15) is 14.0 Å². The molecule has 1 N–H and O–H groups in total. The van der Waals surface area contributed by atoms with Gasteiger partial charge in [-0.1, -0.05) is 37.3 Å². The first kappa shape index (κ1) is 19.5. The topological polar surface area (TPSA) is 64.0 Å². The molecule has 150 valence electrons. The lowest BCUT2D eigenvalue weighted by Gasteiger charge is -2.12. The number of imidazole rings is 1. The van der Waals surface area contributed by atoms with Crippen LogP contribution in [-0.4, -0.2) is 21.2 Å². The monoisotopic (exact) mass is 401 g/mol. The van der Waals surface area contributed by atoms with Crippen molar-refractivity contribution in [2.45, 2.75) is 19.9 Å². The molecule has 4 rings (SSSR count). The summed E-state index contributed by atoms with van der Waals surface area (Å²) in [6, 6.07) is 20.2. The van der Waals surface area contributed by atoms with Gasteiger partial charge in [-0.3, -0.25) is 9.59 Å². The molecule has 0 radical (unpaired) electrons. The second-order valence-electron chi connectivity index (χ2n) is 6.91. The van der Waals surface area contributed by atoms with Crippen molar-refractivity contribution in [2.75, 3.05) is 5.32 Å². The van der Waals surface area contributed by atoms with E-state index >= 15 is 0 Å². The van der Waals surface area contributed by atoms with Crippen LogP contribution in [0.1, 0.15) is 28.7 Å². The molecule has 0 spiro atoms. The van der Waals surface area contributed by atoms with Crippen LogP contribution in [0.25, 0.3) is 11.0 Å². The molecule has 1 heterocycles. The van der Waals surface area contributed by atoms with Crippen molar-refractivity contribution in [3.8, 4) is 0 Å². The second kappa shape index (κ2) is 8.29. The molecular weight excluding hydrogens is 381 g/mol. The summed E-state index contributed by atoms with van der Waals surface area (Å²) in [6.45, 7) is 1.95. The van der Waals surface area contributed by atoms with Crippen molar-refractivity contribution >= 4 is 28.4 Å². The first-order chi connectivity index (χ1) is 14.6. The maximum Gasteiger partial charge on any atom is 0.244 e. The van der Waals surface area contributed by atoms with Crippen molar-refractivity contribution in [1.82, 2.24) is 9.55 Å². The van der Waals surface area contributed by atoms with Crippen LogP contribution in [0.15, 0.2) is 72.8 Å². The summed E-state index contributed by atoms with van der Waals surface area (Å²) >= 11 is 0. The number of carbonyl (C=O) groups excluding carboxylic acids is 2. The van der Waals surface area contributed by atoms with Gasteiger partial charge in [0.2, 0.25) is 11.7 Å². The number of nitrogens with one attached hydrogen (secondary N) is 1. The van der Waals surface area contributed by atoms with E-state index in [1.807, 2.05) is 49.4 Å². The minimum absolute atomic E-state index is 0.0686. The molecule has 0 aliphatic rings. The number of hydrogen-bond acceptors (Lipinski definition) is 3. The lowest BCUT2D eigenvalue weighted by molar-refractivity contribution is -0.116.